The smallest absolute Gasteiger partial charge is 0.123 e. The molecule has 0 fully saturated rings. The minimum absolute atomic E-state index is 0.226. The summed E-state index contributed by atoms with van der Waals surface area (Å²) in [6.45, 7) is 4.07. The molecule has 0 amide bonds. The van der Waals surface area contributed by atoms with E-state index in [1.54, 1.807) is 7.11 Å². The lowest BCUT2D eigenvalue weighted by molar-refractivity contribution is 0.254. The first kappa shape index (κ1) is 19.1. The number of rotatable bonds is 9. The third-order valence-corrected chi connectivity index (χ3v) is 4.54. The lowest BCUT2D eigenvalue weighted by Gasteiger charge is -2.12. The Labute approximate surface area is 160 Å². The monoisotopic (exact) mass is 366 g/mol. The first-order chi connectivity index (χ1) is 13.2. The number of unbranched alkanes of at least 4 members (excludes halogenated alkanes) is 1. The molecule has 0 radical (unpaired) electrons. The van der Waals surface area contributed by atoms with Crippen LogP contribution >= 0.6 is 0 Å². The van der Waals surface area contributed by atoms with E-state index in [1.807, 2.05) is 18.2 Å². The van der Waals surface area contributed by atoms with Crippen molar-refractivity contribution in [3.8, 4) is 23.3 Å². The molecule has 1 unspecified atom stereocenters. The Balaban J connectivity index is 1.56. The van der Waals surface area contributed by atoms with Gasteiger partial charge < -0.3 is 19.5 Å². The zero-order chi connectivity index (χ0) is 19.1. The largest absolute Gasteiger partial charge is 0.496 e. The van der Waals surface area contributed by atoms with Crippen LogP contribution in [0.2, 0.25) is 0 Å². The van der Waals surface area contributed by atoms with Gasteiger partial charge in [-0.2, -0.15) is 5.26 Å². The van der Waals surface area contributed by atoms with Crippen molar-refractivity contribution in [2.75, 3.05) is 13.7 Å². The van der Waals surface area contributed by atoms with Gasteiger partial charge in [0.2, 0.25) is 0 Å². The fourth-order valence-electron chi connectivity index (χ4n) is 3.24. The molecule has 0 aromatic heterocycles. The van der Waals surface area contributed by atoms with Gasteiger partial charge in [-0.05, 0) is 43.2 Å². The van der Waals surface area contributed by atoms with Gasteiger partial charge in [0, 0.05) is 37.1 Å². The lowest BCUT2D eigenvalue weighted by atomic mass is 10.1. The highest BCUT2D eigenvalue weighted by atomic mass is 16.5. The van der Waals surface area contributed by atoms with E-state index in [9.17, 15) is 0 Å². The van der Waals surface area contributed by atoms with Crippen molar-refractivity contribution in [2.24, 2.45) is 0 Å². The molecule has 0 saturated heterocycles. The van der Waals surface area contributed by atoms with Gasteiger partial charge in [0.15, 0.2) is 0 Å². The normalized spacial score (nSPS) is 14.9. The third-order valence-electron chi connectivity index (χ3n) is 4.54. The molecule has 2 aromatic carbocycles. The standard InChI is InChI=1S/C22H26N2O3/c1-16-10-18-12-21(25-2)19(13-22(18)27-16)15-24-14-17-6-5-7-20(11-17)26-9-4-3-8-23/h5-7,11-13,16,24H,3-4,9-10,14-15H2,1-2H3. The molecule has 1 atom stereocenters. The number of fused-ring (bicyclic) bond motifs is 1. The van der Waals surface area contributed by atoms with E-state index in [-0.39, 0.29) is 6.10 Å². The Bertz CT molecular complexity index is 814. The predicted octanol–water partition coefficient (Wildman–Crippen LogP) is 3.99. The second kappa shape index (κ2) is 9.29. The van der Waals surface area contributed by atoms with Crippen LogP contribution in [0.15, 0.2) is 36.4 Å². The van der Waals surface area contributed by atoms with Crippen LogP contribution in [-0.2, 0) is 19.5 Å². The number of ether oxygens (including phenoxy) is 3. The number of nitriles is 1. The van der Waals surface area contributed by atoms with E-state index >= 15 is 0 Å². The molecule has 1 N–H and O–H groups in total. The first-order valence-corrected chi connectivity index (χ1v) is 9.35. The van der Waals surface area contributed by atoms with Gasteiger partial charge in [0.05, 0.1) is 19.8 Å². The SMILES string of the molecule is COc1cc2c(cc1CNCc1cccc(OCCCC#N)c1)OC(C)C2. The summed E-state index contributed by atoms with van der Waals surface area (Å²) in [5.74, 6) is 2.70. The van der Waals surface area contributed by atoms with Crippen LogP contribution in [-0.4, -0.2) is 19.8 Å². The van der Waals surface area contributed by atoms with Gasteiger partial charge in [-0.15, -0.1) is 0 Å². The van der Waals surface area contributed by atoms with Gasteiger partial charge in [-0.25, -0.2) is 0 Å². The fourth-order valence-corrected chi connectivity index (χ4v) is 3.24. The van der Waals surface area contributed by atoms with E-state index in [4.69, 9.17) is 19.5 Å². The molecular formula is C22H26N2O3. The summed E-state index contributed by atoms with van der Waals surface area (Å²) in [5, 5.41) is 12.0. The summed E-state index contributed by atoms with van der Waals surface area (Å²) in [6, 6.07) is 14.3. The van der Waals surface area contributed by atoms with Crippen molar-refractivity contribution < 1.29 is 14.2 Å². The second-order valence-electron chi connectivity index (χ2n) is 6.77. The maximum absolute atomic E-state index is 8.57. The van der Waals surface area contributed by atoms with E-state index in [1.165, 1.54) is 5.56 Å². The molecule has 0 bridgehead atoms. The van der Waals surface area contributed by atoms with Gasteiger partial charge >= 0.3 is 0 Å². The average Bonchev–Trinajstić information content (AvgIpc) is 3.04. The van der Waals surface area contributed by atoms with E-state index in [0.29, 0.717) is 19.6 Å². The number of nitrogens with zero attached hydrogens (tertiary/aromatic N) is 1. The van der Waals surface area contributed by atoms with E-state index in [0.717, 1.165) is 47.8 Å². The number of hydrogen-bond donors (Lipinski definition) is 1. The van der Waals surface area contributed by atoms with Crippen molar-refractivity contribution in [3.05, 3.63) is 53.1 Å². The highest BCUT2D eigenvalue weighted by Gasteiger charge is 2.21. The van der Waals surface area contributed by atoms with Crippen LogP contribution in [0.1, 0.15) is 36.5 Å². The zero-order valence-electron chi connectivity index (χ0n) is 16.0. The Hall–Kier alpha value is -2.71. The van der Waals surface area contributed by atoms with E-state index < -0.39 is 0 Å². The highest BCUT2D eigenvalue weighted by molar-refractivity contribution is 5.48. The molecule has 1 aliphatic heterocycles. The maximum Gasteiger partial charge on any atom is 0.123 e. The van der Waals surface area contributed by atoms with Gasteiger partial charge in [0.25, 0.3) is 0 Å². The Morgan fingerprint density at radius 1 is 1.26 bits per heavy atom. The number of methoxy groups -OCH3 is 1. The molecule has 3 rings (SSSR count). The molecule has 0 aliphatic carbocycles. The number of benzene rings is 2. The predicted molar refractivity (Wildman–Crippen MR) is 104 cm³/mol. The fraction of sp³-hybridized carbons (Fsp3) is 0.409. The van der Waals surface area contributed by atoms with Crippen molar-refractivity contribution in [2.45, 2.75) is 45.4 Å². The van der Waals surface area contributed by atoms with Crippen LogP contribution < -0.4 is 19.5 Å². The van der Waals surface area contributed by atoms with Crippen LogP contribution in [0.25, 0.3) is 0 Å². The van der Waals surface area contributed by atoms with Crippen molar-refractivity contribution in [3.63, 3.8) is 0 Å². The quantitative estimate of drug-likeness (QED) is 0.680. The molecule has 1 aliphatic rings. The van der Waals surface area contributed by atoms with Crippen LogP contribution in [0.4, 0.5) is 0 Å². The maximum atomic E-state index is 8.57. The third kappa shape index (κ3) is 5.15. The summed E-state index contributed by atoms with van der Waals surface area (Å²) in [5.41, 5.74) is 3.45. The Morgan fingerprint density at radius 3 is 2.96 bits per heavy atom. The minimum Gasteiger partial charge on any atom is -0.496 e. The molecule has 0 saturated carbocycles. The highest BCUT2D eigenvalue weighted by Crippen LogP contribution is 2.34. The lowest BCUT2D eigenvalue weighted by Crippen LogP contribution is -2.13. The topological polar surface area (TPSA) is 63.5 Å². The van der Waals surface area contributed by atoms with Crippen LogP contribution in [0.3, 0.4) is 0 Å². The average molecular weight is 366 g/mol. The zero-order valence-corrected chi connectivity index (χ0v) is 16.0. The molecule has 27 heavy (non-hydrogen) atoms. The van der Waals surface area contributed by atoms with Gasteiger partial charge in [-0.1, -0.05) is 12.1 Å². The molecule has 142 valence electrons. The minimum atomic E-state index is 0.226. The summed E-state index contributed by atoms with van der Waals surface area (Å²) < 4.78 is 17.1. The Kier molecular flexibility index (Phi) is 6.56. The van der Waals surface area contributed by atoms with Gasteiger partial charge in [0.1, 0.15) is 23.4 Å². The van der Waals surface area contributed by atoms with Crippen molar-refractivity contribution in [1.29, 1.82) is 5.26 Å². The summed E-state index contributed by atoms with van der Waals surface area (Å²) >= 11 is 0. The Morgan fingerprint density at radius 2 is 2.15 bits per heavy atom. The number of hydrogen-bond acceptors (Lipinski definition) is 5. The van der Waals surface area contributed by atoms with Crippen LogP contribution in [0, 0.1) is 11.3 Å². The van der Waals surface area contributed by atoms with Gasteiger partial charge in [-0.3, -0.25) is 0 Å². The number of nitrogens with one attached hydrogen (secondary N) is 1. The van der Waals surface area contributed by atoms with Crippen molar-refractivity contribution in [1.82, 2.24) is 5.32 Å². The first-order valence-electron chi connectivity index (χ1n) is 9.35. The van der Waals surface area contributed by atoms with Crippen LogP contribution in [0.5, 0.6) is 17.2 Å². The van der Waals surface area contributed by atoms with Crippen molar-refractivity contribution >= 4 is 0 Å². The molecule has 5 nitrogen and oxygen atoms in total. The molecule has 1 heterocycles. The summed E-state index contributed by atoms with van der Waals surface area (Å²) in [7, 11) is 1.71. The van der Waals surface area contributed by atoms with E-state index in [2.05, 4.69) is 36.5 Å². The second-order valence-corrected chi connectivity index (χ2v) is 6.77. The molecular weight excluding hydrogens is 340 g/mol. The molecule has 5 heteroatoms. The molecule has 2 aromatic rings. The summed E-state index contributed by atoms with van der Waals surface area (Å²) in [4.78, 5) is 0. The molecule has 0 spiro atoms. The summed E-state index contributed by atoms with van der Waals surface area (Å²) in [6.07, 6.45) is 2.42.